The van der Waals surface area contributed by atoms with Gasteiger partial charge in [-0.05, 0) is 44.5 Å². The van der Waals surface area contributed by atoms with E-state index in [4.69, 9.17) is 13.9 Å². The van der Waals surface area contributed by atoms with Crippen LogP contribution in [0.1, 0.15) is 36.8 Å². The Morgan fingerprint density at radius 3 is 2.70 bits per heavy atom. The third kappa shape index (κ3) is 4.75. The van der Waals surface area contributed by atoms with Crippen LogP contribution in [-0.2, 0) is 9.53 Å². The number of aromatic nitrogens is 1. The first kappa shape index (κ1) is 26.8. The van der Waals surface area contributed by atoms with Crippen molar-refractivity contribution in [2.24, 2.45) is 4.99 Å². The Morgan fingerprint density at radius 1 is 1.20 bits per heavy atom. The second kappa shape index (κ2) is 10.8. The molecule has 10 nitrogen and oxygen atoms in total. The molecule has 1 unspecified atom stereocenters. The lowest BCUT2D eigenvalue weighted by Gasteiger charge is -2.25. The number of benzene rings is 2. The number of allylic oxidation sites excluding steroid dienone is 1. The number of non-ortho nitro benzene ring substituents is 1. The molecule has 1 aliphatic heterocycles. The summed E-state index contributed by atoms with van der Waals surface area (Å²) in [5.74, 6) is 0.785. The van der Waals surface area contributed by atoms with Crippen LogP contribution in [0.2, 0.25) is 0 Å². The van der Waals surface area contributed by atoms with E-state index >= 15 is 0 Å². The molecule has 0 fully saturated rings. The van der Waals surface area contributed by atoms with Gasteiger partial charge in [0, 0.05) is 29.3 Å². The maximum absolute atomic E-state index is 13.8. The molecule has 2 aromatic heterocycles. The van der Waals surface area contributed by atoms with Crippen LogP contribution in [0, 0.1) is 17.0 Å². The zero-order valence-corrected chi connectivity index (χ0v) is 23.0. The molecule has 0 aliphatic carbocycles. The lowest BCUT2D eigenvalue weighted by Crippen LogP contribution is -2.40. The largest absolute Gasteiger partial charge is 0.496 e. The van der Waals surface area contributed by atoms with Crippen LogP contribution in [0.15, 0.2) is 80.1 Å². The summed E-state index contributed by atoms with van der Waals surface area (Å²) in [5, 5.41) is 11.3. The molecule has 4 aromatic rings. The van der Waals surface area contributed by atoms with Crippen molar-refractivity contribution >= 4 is 29.1 Å². The maximum Gasteiger partial charge on any atom is 0.338 e. The molecule has 0 amide bonds. The molecule has 0 saturated carbocycles. The molecule has 0 radical (unpaired) electrons. The van der Waals surface area contributed by atoms with Gasteiger partial charge in [-0.1, -0.05) is 35.6 Å². The number of nitro groups is 1. The smallest absolute Gasteiger partial charge is 0.338 e. The average Bonchev–Trinajstić information content (AvgIpc) is 3.52. The van der Waals surface area contributed by atoms with Crippen molar-refractivity contribution in [1.29, 1.82) is 0 Å². The number of carbonyl (C=O) groups is 1. The SMILES string of the molecule is CCOC(=O)C1=C(C)N=c2s/c(=C/c3ccc(-c4cc([N+](=O)[O-])ccc4C)o3)c(=O)n2C1c1ccccc1OC. The quantitative estimate of drug-likeness (QED) is 0.188. The number of thiazole rings is 1. The molecule has 2 aromatic carbocycles. The highest BCUT2D eigenvalue weighted by molar-refractivity contribution is 7.07. The highest BCUT2D eigenvalue weighted by Crippen LogP contribution is 2.35. The maximum atomic E-state index is 13.8. The van der Waals surface area contributed by atoms with Gasteiger partial charge >= 0.3 is 5.97 Å². The van der Waals surface area contributed by atoms with Crippen molar-refractivity contribution in [2.75, 3.05) is 13.7 Å². The minimum Gasteiger partial charge on any atom is -0.496 e. The number of nitrogens with zero attached hydrogens (tertiary/aromatic N) is 3. The summed E-state index contributed by atoms with van der Waals surface area (Å²) < 4.78 is 18.7. The fourth-order valence-electron chi connectivity index (χ4n) is 4.67. The van der Waals surface area contributed by atoms with E-state index in [0.717, 1.165) is 5.56 Å². The minimum atomic E-state index is -0.812. The number of ether oxygens (including phenoxy) is 2. The number of carbonyl (C=O) groups excluding carboxylic acids is 1. The standard InChI is InChI=1S/C29H25N3O7S/c1-5-38-28(34)25-17(3)30-29-31(26(25)20-8-6-7-9-22(20)37-4)27(33)24(40-29)15-19-12-13-23(39-19)21-14-18(32(35)36)11-10-16(21)2/h6-15,26H,5H2,1-4H3/b24-15+. The second-order valence-electron chi connectivity index (χ2n) is 9.00. The van der Waals surface area contributed by atoms with Crippen molar-refractivity contribution in [1.82, 2.24) is 4.57 Å². The Balaban J connectivity index is 1.65. The number of aryl methyl sites for hydroxylation is 1. The molecule has 204 valence electrons. The average molecular weight is 560 g/mol. The summed E-state index contributed by atoms with van der Waals surface area (Å²) in [6.45, 7) is 5.43. The summed E-state index contributed by atoms with van der Waals surface area (Å²) in [6, 6.07) is 14.3. The normalized spacial score (nSPS) is 15.0. The van der Waals surface area contributed by atoms with E-state index in [1.807, 2.05) is 19.1 Å². The van der Waals surface area contributed by atoms with Crippen LogP contribution in [0.4, 0.5) is 5.69 Å². The lowest BCUT2D eigenvalue weighted by molar-refractivity contribution is -0.384. The lowest BCUT2D eigenvalue weighted by atomic mass is 9.95. The van der Waals surface area contributed by atoms with Crippen LogP contribution in [-0.4, -0.2) is 29.2 Å². The topological polar surface area (TPSA) is 126 Å². The third-order valence-electron chi connectivity index (χ3n) is 6.55. The van der Waals surface area contributed by atoms with Crippen molar-refractivity contribution < 1.29 is 23.6 Å². The van der Waals surface area contributed by atoms with E-state index < -0.39 is 16.9 Å². The first-order chi connectivity index (χ1) is 19.2. The molecular weight excluding hydrogens is 534 g/mol. The van der Waals surface area contributed by atoms with Crippen LogP contribution in [0.25, 0.3) is 17.4 Å². The van der Waals surface area contributed by atoms with E-state index in [9.17, 15) is 19.7 Å². The van der Waals surface area contributed by atoms with Gasteiger partial charge in [0.25, 0.3) is 11.2 Å². The number of nitro benzene ring substituents is 1. The molecular formula is C29H25N3O7S. The monoisotopic (exact) mass is 559 g/mol. The van der Waals surface area contributed by atoms with Gasteiger partial charge in [-0.3, -0.25) is 19.5 Å². The molecule has 0 bridgehead atoms. The first-order valence-electron chi connectivity index (χ1n) is 12.4. The number of hydrogen-bond acceptors (Lipinski definition) is 9. The number of hydrogen-bond donors (Lipinski definition) is 0. The first-order valence-corrected chi connectivity index (χ1v) is 13.2. The summed E-state index contributed by atoms with van der Waals surface area (Å²) in [4.78, 5) is 42.7. The highest BCUT2D eigenvalue weighted by atomic mass is 32.1. The molecule has 5 rings (SSSR count). The van der Waals surface area contributed by atoms with E-state index in [1.165, 1.54) is 35.1 Å². The minimum absolute atomic E-state index is 0.0454. The van der Waals surface area contributed by atoms with Crippen LogP contribution >= 0.6 is 11.3 Å². The van der Waals surface area contributed by atoms with Gasteiger partial charge in [-0.2, -0.15) is 0 Å². The number of para-hydroxylation sites is 1. The van der Waals surface area contributed by atoms with Gasteiger partial charge in [0.1, 0.15) is 23.3 Å². The third-order valence-corrected chi connectivity index (χ3v) is 7.53. The van der Waals surface area contributed by atoms with E-state index in [2.05, 4.69) is 4.99 Å². The fourth-order valence-corrected chi connectivity index (χ4v) is 5.70. The Bertz CT molecular complexity index is 1860. The number of fused-ring (bicyclic) bond motifs is 1. The van der Waals surface area contributed by atoms with Crippen LogP contribution in [0.3, 0.4) is 0 Å². The molecule has 40 heavy (non-hydrogen) atoms. The van der Waals surface area contributed by atoms with Crippen molar-refractivity contribution in [2.45, 2.75) is 26.8 Å². The predicted octanol–water partition coefficient (Wildman–Crippen LogP) is 4.28. The van der Waals surface area contributed by atoms with E-state index in [1.54, 1.807) is 50.3 Å². The summed E-state index contributed by atoms with van der Waals surface area (Å²) in [7, 11) is 1.53. The summed E-state index contributed by atoms with van der Waals surface area (Å²) in [6.07, 6.45) is 1.60. The molecule has 0 saturated heterocycles. The number of methoxy groups -OCH3 is 1. The number of furan rings is 1. The van der Waals surface area contributed by atoms with Gasteiger partial charge < -0.3 is 13.9 Å². The van der Waals surface area contributed by atoms with Crippen LogP contribution < -0.4 is 19.6 Å². The molecule has 0 N–H and O–H groups in total. The van der Waals surface area contributed by atoms with E-state index in [0.29, 0.717) is 43.4 Å². The van der Waals surface area contributed by atoms with Gasteiger partial charge in [-0.25, -0.2) is 9.79 Å². The Morgan fingerprint density at radius 2 is 1.98 bits per heavy atom. The second-order valence-corrected chi connectivity index (χ2v) is 10.0. The zero-order valence-electron chi connectivity index (χ0n) is 22.2. The van der Waals surface area contributed by atoms with Crippen molar-refractivity contribution in [3.8, 4) is 17.1 Å². The summed E-state index contributed by atoms with van der Waals surface area (Å²) in [5.41, 5.74) is 2.31. The molecule has 3 heterocycles. The zero-order chi connectivity index (χ0) is 28.6. The van der Waals surface area contributed by atoms with Gasteiger partial charge in [0.2, 0.25) is 0 Å². The van der Waals surface area contributed by atoms with Gasteiger partial charge in [0.05, 0.1) is 34.4 Å². The molecule has 1 atom stereocenters. The van der Waals surface area contributed by atoms with E-state index in [-0.39, 0.29) is 23.4 Å². The molecule has 1 aliphatic rings. The predicted molar refractivity (Wildman–Crippen MR) is 149 cm³/mol. The van der Waals surface area contributed by atoms with Crippen LogP contribution in [0.5, 0.6) is 5.75 Å². The molecule has 0 spiro atoms. The molecule has 11 heteroatoms. The summed E-state index contributed by atoms with van der Waals surface area (Å²) >= 11 is 1.17. The Kier molecular flexibility index (Phi) is 7.22. The van der Waals surface area contributed by atoms with Crippen molar-refractivity contribution in [3.63, 3.8) is 0 Å². The highest BCUT2D eigenvalue weighted by Gasteiger charge is 2.35. The van der Waals surface area contributed by atoms with Crippen molar-refractivity contribution in [3.05, 3.63) is 113 Å². The Hall–Kier alpha value is -4.77. The van der Waals surface area contributed by atoms with Gasteiger partial charge in [-0.15, -0.1) is 0 Å². The number of esters is 1. The Labute approximate surface area is 232 Å². The number of rotatable bonds is 7. The fraction of sp³-hybridized carbons (Fsp3) is 0.207. The van der Waals surface area contributed by atoms with Gasteiger partial charge in [0.15, 0.2) is 4.80 Å².